The van der Waals surface area contributed by atoms with Gasteiger partial charge in [-0.2, -0.15) is 5.10 Å². The first kappa shape index (κ1) is 25.5. The Morgan fingerprint density at radius 2 is 1.72 bits per heavy atom. The minimum Gasteiger partial charge on any atom is -0.493 e. The number of ether oxygens (including phenoxy) is 2. The molecular weight excluding hydrogens is 542 g/mol. The summed E-state index contributed by atoms with van der Waals surface area (Å²) in [4.78, 5) is 12.6. The topological polar surface area (TPSA) is 90.6 Å². The molecule has 3 aromatic carbocycles. The van der Waals surface area contributed by atoms with Gasteiger partial charge in [0.15, 0.2) is 22.5 Å². The second-order valence-electron chi connectivity index (χ2n) is 7.57. The Balaban J connectivity index is 1.49. The lowest BCUT2D eigenvalue weighted by Crippen LogP contribution is -2.21. The van der Waals surface area contributed by atoms with Crippen LogP contribution in [0.2, 0.25) is 0 Å². The maximum absolute atomic E-state index is 12.6. The zero-order valence-electron chi connectivity index (χ0n) is 19.9. The molecule has 1 N–H and O–H groups in total. The van der Waals surface area contributed by atoms with Crippen LogP contribution < -0.4 is 14.9 Å². The molecule has 1 heterocycles. The maximum Gasteiger partial charge on any atom is 0.250 e. The average Bonchev–Trinajstić information content (AvgIpc) is 3.35. The van der Waals surface area contributed by atoms with Gasteiger partial charge in [0.1, 0.15) is 0 Å². The first-order chi connectivity index (χ1) is 17.5. The molecule has 0 bridgehead atoms. The third kappa shape index (κ3) is 5.95. The molecule has 1 amide bonds. The summed E-state index contributed by atoms with van der Waals surface area (Å²) in [5.74, 6) is 1.77. The van der Waals surface area contributed by atoms with Crippen molar-refractivity contribution in [2.24, 2.45) is 5.10 Å². The Morgan fingerprint density at radius 1 is 1.00 bits per heavy atom. The minimum atomic E-state index is -0.257. The van der Waals surface area contributed by atoms with Gasteiger partial charge < -0.3 is 9.47 Å². The van der Waals surface area contributed by atoms with Crippen molar-refractivity contribution in [2.45, 2.75) is 12.1 Å². The van der Waals surface area contributed by atoms with Gasteiger partial charge in [-0.3, -0.25) is 9.36 Å². The van der Waals surface area contributed by atoms with Gasteiger partial charge in [-0.15, -0.1) is 10.2 Å². The number of halogens is 1. The molecule has 8 nitrogen and oxygen atoms in total. The van der Waals surface area contributed by atoms with E-state index in [9.17, 15) is 4.79 Å². The van der Waals surface area contributed by atoms with E-state index in [0.717, 1.165) is 21.3 Å². The van der Waals surface area contributed by atoms with Crippen molar-refractivity contribution in [1.82, 2.24) is 20.2 Å². The number of amides is 1. The fraction of sp³-hybridized carbons (Fsp3) is 0.154. The van der Waals surface area contributed by atoms with Crippen LogP contribution in [-0.2, 0) is 4.79 Å². The smallest absolute Gasteiger partial charge is 0.250 e. The number of aromatic nitrogens is 3. The monoisotopic (exact) mass is 565 g/mol. The summed E-state index contributed by atoms with van der Waals surface area (Å²) < 4.78 is 13.5. The minimum absolute atomic E-state index is 0.119. The Hall–Kier alpha value is -3.63. The van der Waals surface area contributed by atoms with Crippen LogP contribution in [0.3, 0.4) is 0 Å². The molecule has 4 aromatic rings. The summed E-state index contributed by atoms with van der Waals surface area (Å²) in [7, 11) is 3.15. The summed E-state index contributed by atoms with van der Waals surface area (Å²) >= 11 is 4.76. The molecule has 0 saturated carbocycles. The second kappa shape index (κ2) is 11.9. The van der Waals surface area contributed by atoms with Crippen LogP contribution in [0.15, 0.2) is 87.5 Å². The fourth-order valence-corrected chi connectivity index (χ4v) is 4.40. The molecule has 0 spiro atoms. The van der Waals surface area contributed by atoms with Gasteiger partial charge in [0, 0.05) is 21.3 Å². The zero-order chi connectivity index (χ0) is 25.5. The Kier molecular flexibility index (Phi) is 8.40. The number of thioether (sulfide) groups is 1. The highest BCUT2D eigenvalue weighted by atomic mass is 79.9. The van der Waals surface area contributed by atoms with Crippen LogP contribution in [-0.4, -0.2) is 46.4 Å². The predicted molar refractivity (Wildman–Crippen MR) is 145 cm³/mol. The number of hydrogen-bond donors (Lipinski definition) is 1. The SMILES string of the molecule is COc1ccc(/C(C)=N/NC(=O)CSc2nnc(-c3ccc(Br)cc3)n2-c2ccccc2)cc1OC. The summed E-state index contributed by atoms with van der Waals surface area (Å²) in [6.07, 6.45) is 0. The molecule has 0 aliphatic heterocycles. The summed E-state index contributed by atoms with van der Waals surface area (Å²) in [6, 6.07) is 23.1. The molecule has 0 saturated heterocycles. The highest BCUT2D eigenvalue weighted by Gasteiger charge is 2.17. The number of hydrazone groups is 1. The van der Waals surface area contributed by atoms with Gasteiger partial charge in [-0.1, -0.05) is 58.0 Å². The van der Waals surface area contributed by atoms with Gasteiger partial charge in [0.25, 0.3) is 5.91 Å². The van der Waals surface area contributed by atoms with E-state index >= 15 is 0 Å². The van der Waals surface area contributed by atoms with Crippen molar-refractivity contribution < 1.29 is 14.3 Å². The summed E-state index contributed by atoms with van der Waals surface area (Å²) in [5, 5.41) is 13.6. The first-order valence-electron chi connectivity index (χ1n) is 10.9. The Bertz CT molecular complexity index is 1370. The Morgan fingerprint density at radius 3 is 2.42 bits per heavy atom. The number of carbonyl (C=O) groups is 1. The summed E-state index contributed by atoms with van der Waals surface area (Å²) in [6.45, 7) is 1.81. The number of carbonyl (C=O) groups excluding carboxylic acids is 1. The van der Waals surface area contributed by atoms with E-state index in [2.05, 4.69) is 36.7 Å². The molecule has 0 fully saturated rings. The lowest BCUT2D eigenvalue weighted by Gasteiger charge is -2.10. The van der Waals surface area contributed by atoms with Gasteiger partial charge in [0.2, 0.25) is 0 Å². The van der Waals surface area contributed by atoms with Crippen molar-refractivity contribution in [1.29, 1.82) is 0 Å². The van der Waals surface area contributed by atoms with Crippen LogP contribution in [0, 0.1) is 0 Å². The molecule has 0 radical (unpaired) electrons. The van der Waals surface area contributed by atoms with E-state index in [1.165, 1.54) is 11.8 Å². The molecule has 36 heavy (non-hydrogen) atoms. The lowest BCUT2D eigenvalue weighted by molar-refractivity contribution is -0.118. The van der Waals surface area contributed by atoms with Gasteiger partial charge in [-0.25, -0.2) is 5.43 Å². The van der Waals surface area contributed by atoms with Crippen LogP contribution in [0.5, 0.6) is 11.5 Å². The molecule has 0 aliphatic rings. The van der Waals surface area contributed by atoms with Crippen LogP contribution in [0.4, 0.5) is 0 Å². The molecule has 0 atom stereocenters. The molecule has 10 heteroatoms. The van der Waals surface area contributed by atoms with Crippen molar-refractivity contribution >= 4 is 39.3 Å². The third-order valence-corrected chi connectivity index (χ3v) is 6.69. The van der Waals surface area contributed by atoms with E-state index in [1.54, 1.807) is 20.3 Å². The molecule has 0 aliphatic carbocycles. The molecule has 184 valence electrons. The van der Waals surface area contributed by atoms with Crippen LogP contribution in [0.1, 0.15) is 12.5 Å². The highest BCUT2D eigenvalue weighted by molar-refractivity contribution is 9.10. The first-order valence-corrected chi connectivity index (χ1v) is 12.7. The standard InChI is InChI=1S/C26H24BrN5O3S/c1-17(19-11-14-22(34-2)23(15-19)35-3)28-29-24(33)16-36-26-31-30-25(18-9-12-20(27)13-10-18)32(26)21-7-5-4-6-8-21/h4-15H,16H2,1-3H3,(H,29,33)/b28-17+. The van der Waals surface area contributed by atoms with E-state index in [1.807, 2.05) is 78.2 Å². The summed E-state index contributed by atoms with van der Waals surface area (Å²) in [5.41, 5.74) is 5.89. The predicted octanol–water partition coefficient (Wildman–Crippen LogP) is 5.35. The maximum atomic E-state index is 12.6. The van der Waals surface area contributed by atoms with E-state index in [-0.39, 0.29) is 11.7 Å². The van der Waals surface area contributed by atoms with Gasteiger partial charge in [0.05, 0.1) is 25.7 Å². The largest absolute Gasteiger partial charge is 0.493 e. The number of rotatable bonds is 9. The van der Waals surface area contributed by atoms with Crippen molar-refractivity contribution in [3.8, 4) is 28.6 Å². The normalized spacial score (nSPS) is 11.3. The molecular formula is C26H24BrN5O3S. The number of para-hydroxylation sites is 1. The molecule has 0 unspecified atom stereocenters. The number of nitrogens with zero attached hydrogens (tertiary/aromatic N) is 4. The third-order valence-electron chi connectivity index (χ3n) is 5.23. The number of nitrogens with one attached hydrogen (secondary N) is 1. The van der Waals surface area contributed by atoms with Crippen molar-refractivity contribution in [2.75, 3.05) is 20.0 Å². The highest BCUT2D eigenvalue weighted by Crippen LogP contribution is 2.29. The van der Waals surface area contributed by atoms with Crippen LogP contribution >= 0.6 is 27.7 Å². The molecule has 1 aromatic heterocycles. The van der Waals surface area contributed by atoms with Crippen molar-refractivity contribution in [3.05, 3.63) is 82.8 Å². The second-order valence-corrected chi connectivity index (χ2v) is 9.43. The van der Waals surface area contributed by atoms with E-state index < -0.39 is 0 Å². The van der Waals surface area contributed by atoms with Gasteiger partial charge in [-0.05, 0) is 49.4 Å². The van der Waals surface area contributed by atoms with E-state index in [0.29, 0.717) is 28.2 Å². The zero-order valence-corrected chi connectivity index (χ0v) is 22.3. The van der Waals surface area contributed by atoms with Gasteiger partial charge >= 0.3 is 0 Å². The Labute approximate surface area is 221 Å². The lowest BCUT2D eigenvalue weighted by atomic mass is 10.1. The number of methoxy groups -OCH3 is 2. The quantitative estimate of drug-likeness (QED) is 0.167. The van der Waals surface area contributed by atoms with Crippen molar-refractivity contribution in [3.63, 3.8) is 0 Å². The fourth-order valence-electron chi connectivity index (χ4n) is 3.39. The average molecular weight is 566 g/mol. The molecule has 4 rings (SSSR count). The van der Waals surface area contributed by atoms with E-state index in [4.69, 9.17) is 9.47 Å². The van der Waals surface area contributed by atoms with Crippen LogP contribution in [0.25, 0.3) is 17.1 Å². The number of benzene rings is 3. The number of hydrogen-bond acceptors (Lipinski definition) is 7.